The van der Waals surface area contributed by atoms with E-state index in [0.717, 1.165) is 88.4 Å². The fraction of sp³-hybridized carbons (Fsp3) is 0.324. The van der Waals surface area contributed by atoms with Crippen molar-refractivity contribution in [1.29, 1.82) is 0 Å². The zero-order chi connectivity index (χ0) is 37.1. The average Bonchev–Trinajstić information content (AvgIpc) is 3.88. The van der Waals surface area contributed by atoms with E-state index in [1.165, 1.54) is 6.07 Å². The van der Waals surface area contributed by atoms with Crippen LogP contribution in [0.15, 0.2) is 75.9 Å². The minimum Gasteiger partial charge on any atom is -0.488 e. The number of benzene rings is 3. The Kier molecular flexibility index (Phi) is 11.6. The number of hydrogen-bond acceptors (Lipinski definition) is 8. The van der Waals surface area contributed by atoms with E-state index >= 15 is 0 Å². The van der Waals surface area contributed by atoms with Gasteiger partial charge in [-0.2, -0.15) is 10.2 Å². The maximum absolute atomic E-state index is 13.5. The second-order valence-electron chi connectivity index (χ2n) is 13.1. The van der Waals surface area contributed by atoms with E-state index in [-0.39, 0.29) is 17.8 Å². The Balaban J connectivity index is 0.000000192. The van der Waals surface area contributed by atoms with Gasteiger partial charge in [-0.1, -0.05) is 0 Å². The maximum atomic E-state index is 13.5. The first kappa shape index (κ1) is 37.4. The van der Waals surface area contributed by atoms with Gasteiger partial charge >= 0.3 is 0 Å². The molecule has 0 bridgehead atoms. The Morgan fingerprint density at radius 1 is 0.769 bits per heavy atom. The minimum absolute atomic E-state index is 0.0245. The molecule has 274 valence electrons. The van der Waals surface area contributed by atoms with Gasteiger partial charge in [0.25, 0.3) is 5.91 Å². The summed E-state index contributed by atoms with van der Waals surface area (Å²) in [5, 5.41) is 11.3. The largest absolute Gasteiger partial charge is 0.488 e. The van der Waals surface area contributed by atoms with E-state index in [9.17, 15) is 13.6 Å². The lowest BCUT2D eigenvalue weighted by Crippen LogP contribution is -2.21. The van der Waals surface area contributed by atoms with Crippen LogP contribution >= 0.6 is 31.9 Å². The molecule has 2 atom stereocenters. The second kappa shape index (κ2) is 16.1. The van der Waals surface area contributed by atoms with E-state index in [1.54, 1.807) is 35.3 Å². The molecule has 3 aromatic carbocycles. The number of halogens is 4. The van der Waals surface area contributed by atoms with Crippen molar-refractivity contribution >= 4 is 49.1 Å². The van der Waals surface area contributed by atoms with Gasteiger partial charge in [0, 0.05) is 68.3 Å². The molecule has 7 rings (SSSR count). The van der Waals surface area contributed by atoms with Crippen LogP contribution in [0.3, 0.4) is 0 Å². The first-order valence-electron chi connectivity index (χ1n) is 16.7. The average molecular weight is 843 g/mol. The molecule has 2 fully saturated rings. The van der Waals surface area contributed by atoms with Gasteiger partial charge in [-0.15, -0.1) is 0 Å². The highest BCUT2D eigenvalue weighted by atomic mass is 79.9. The van der Waals surface area contributed by atoms with Crippen molar-refractivity contribution in [3.05, 3.63) is 93.1 Å². The summed E-state index contributed by atoms with van der Waals surface area (Å²) in [5.41, 5.74) is 10.7. The molecule has 11 nitrogen and oxygen atoms in total. The van der Waals surface area contributed by atoms with Crippen molar-refractivity contribution in [3.8, 4) is 34.0 Å². The van der Waals surface area contributed by atoms with Crippen LogP contribution in [0.2, 0.25) is 0 Å². The van der Waals surface area contributed by atoms with Gasteiger partial charge in [-0.25, -0.2) is 8.78 Å². The normalized spacial score (nSPS) is 17.5. The van der Waals surface area contributed by atoms with E-state index in [4.69, 9.17) is 15.2 Å². The molecule has 52 heavy (non-hydrogen) atoms. The molecule has 2 aliphatic heterocycles. The van der Waals surface area contributed by atoms with E-state index < -0.39 is 17.5 Å². The molecule has 0 saturated carbocycles. The molecule has 2 aliphatic rings. The van der Waals surface area contributed by atoms with Gasteiger partial charge in [-0.3, -0.25) is 14.2 Å². The zero-order valence-corrected chi connectivity index (χ0v) is 32.4. The maximum Gasteiger partial charge on any atom is 0.255 e. The summed E-state index contributed by atoms with van der Waals surface area (Å²) in [6.45, 7) is 3.83. The number of aromatic nitrogens is 4. The molecule has 3 N–H and O–H groups in total. The van der Waals surface area contributed by atoms with Crippen LogP contribution in [-0.4, -0.2) is 87.8 Å². The van der Waals surface area contributed by atoms with Gasteiger partial charge in [0.05, 0.1) is 32.7 Å². The molecule has 5 aromatic rings. The number of likely N-dealkylation sites (N-methyl/N-ethyl adjacent to an activating group) is 2. The molecule has 0 aliphatic carbocycles. The number of aryl methyl sites for hydroxylation is 2. The van der Waals surface area contributed by atoms with Crippen molar-refractivity contribution < 1.29 is 23.0 Å². The van der Waals surface area contributed by atoms with Crippen molar-refractivity contribution in [2.75, 3.05) is 51.3 Å². The number of rotatable bonds is 8. The molecular formula is C37H40Br2F2N8O3. The summed E-state index contributed by atoms with van der Waals surface area (Å²) >= 11 is 7.07. The number of amides is 1. The van der Waals surface area contributed by atoms with Crippen molar-refractivity contribution in [3.63, 3.8) is 0 Å². The van der Waals surface area contributed by atoms with Crippen molar-refractivity contribution in [2.45, 2.75) is 25.0 Å². The number of nitrogens with two attached hydrogens (primary N) is 1. The fourth-order valence-corrected chi connectivity index (χ4v) is 7.46. The van der Waals surface area contributed by atoms with Gasteiger partial charge in [0.15, 0.2) is 11.6 Å². The highest BCUT2D eigenvalue weighted by Crippen LogP contribution is 2.39. The number of nitrogens with one attached hydrogen (secondary N) is 1. The first-order valence-corrected chi connectivity index (χ1v) is 18.3. The first-order chi connectivity index (χ1) is 24.9. The van der Waals surface area contributed by atoms with Crippen LogP contribution in [0.25, 0.3) is 22.5 Å². The summed E-state index contributed by atoms with van der Waals surface area (Å²) in [6.07, 6.45) is 5.74. The van der Waals surface area contributed by atoms with Gasteiger partial charge in [-0.05, 0) is 113 Å². The lowest BCUT2D eigenvalue weighted by molar-refractivity contribution is 0.102. The Morgan fingerprint density at radius 3 is 1.79 bits per heavy atom. The quantitative estimate of drug-likeness (QED) is 0.161. The molecular weight excluding hydrogens is 802 g/mol. The SMILES string of the molecule is CN1CC[C@@H](Oc2ccc(N)cc2-c2c(Br)cnn2C)C1.CN1CC[C@@H](Oc2ccc(NC(=O)c3ccc(F)c(F)c3)cc2-c2c(Br)cnn2C)C1. The van der Waals surface area contributed by atoms with Gasteiger partial charge < -0.3 is 30.3 Å². The van der Waals surface area contributed by atoms with Crippen molar-refractivity contribution in [2.24, 2.45) is 14.1 Å². The summed E-state index contributed by atoms with van der Waals surface area (Å²) in [7, 11) is 7.90. The lowest BCUT2D eigenvalue weighted by atomic mass is 10.1. The molecule has 0 radical (unpaired) electrons. The standard InChI is InChI=1S/C22H21BrF2N4O2.C15H19BrN4O/c1-28-8-7-15(12-28)31-20-6-4-14(10-16(20)21-17(23)11-26-29(21)2)27-22(30)13-3-5-18(24)19(25)9-13;1-19-6-5-11(9-19)21-14-4-3-10(17)7-12(14)15-13(16)8-18-20(15)2/h3-6,9-11,15H,7-8,12H2,1-2H3,(H,27,30);3-4,7-8,11H,5-6,9,17H2,1-2H3/t15-;11-/m11/s1. The fourth-order valence-electron chi connectivity index (χ4n) is 6.34. The summed E-state index contributed by atoms with van der Waals surface area (Å²) in [4.78, 5) is 17.0. The number of anilines is 2. The molecule has 0 spiro atoms. The smallest absolute Gasteiger partial charge is 0.255 e. The molecule has 2 saturated heterocycles. The molecule has 4 heterocycles. The van der Waals surface area contributed by atoms with E-state index in [2.05, 4.69) is 71.3 Å². The molecule has 1 amide bonds. The van der Waals surface area contributed by atoms with Crippen LogP contribution in [0.1, 0.15) is 23.2 Å². The third-order valence-electron chi connectivity index (χ3n) is 9.00. The Hall–Kier alpha value is -4.31. The number of hydrogen-bond donors (Lipinski definition) is 2. The second-order valence-corrected chi connectivity index (χ2v) is 14.8. The van der Waals surface area contributed by atoms with Gasteiger partial charge in [0.1, 0.15) is 23.7 Å². The predicted octanol–water partition coefficient (Wildman–Crippen LogP) is 6.98. The van der Waals surface area contributed by atoms with Gasteiger partial charge in [0.2, 0.25) is 0 Å². The molecule has 2 aromatic heterocycles. The zero-order valence-electron chi connectivity index (χ0n) is 29.2. The van der Waals surface area contributed by atoms with E-state index in [0.29, 0.717) is 17.1 Å². The number of nitrogens with zero attached hydrogens (tertiary/aromatic N) is 6. The summed E-state index contributed by atoms with van der Waals surface area (Å²) < 4.78 is 44.4. The Labute approximate surface area is 317 Å². The highest BCUT2D eigenvalue weighted by Gasteiger charge is 2.25. The molecule has 15 heteroatoms. The number of ether oxygens (including phenoxy) is 2. The van der Waals surface area contributed by atoms with Crippen LogP contribution < -0.4 is 20.5 Å². The number of nitrogen functional groups attached to an aromatic ring is 1. The predicted molar refractivity (Wildman–Crippen MR) is 204 cm³/mol. The molecule has 0 unspecified atom stereocenters. The Morgan fingerprint density at radius 2 is 1.31 bits per heavy atom. The third-order valence-corrected chi connectivity index (χ3v) is 10.2. The highest BCUT2D eigenvalue weighted by molar-refractivity contribution is 9.11. The van der Waals surface area contributed by atoms with Crippen LogP contribution in [-0.2, 0) is 14.1 Å². The number of carbonyl (C=O) groups excluding carboxylic acids is 1. The summed E-state index contributed by atoms with van der Waals surface area (Å²) in [5.74, 6) is -1.08. The minimum atomic E-state index is -1.07. The monoisotopic (exact) mass is 840 g/mol. The number of likely N-dealkylation sites (tertiary alicyclic amines) is 2. The summed E-state index contributed by atoms with van der Waals surface area (Å²) in [6, 6.07) is 14.1. The van der Waals surface area contributed by atoms with Crippen LogP contribution in [0.5, 0.6) is 11.5 Å². The van der Waals surface area contributed by atoms with Crippen LogP contribution in [0, 0.1) is 11.6 Å². The van der Waals surface area contributed by atoms with Crippen LogP contribution in [0.4, 0.5) is 20.2 Å². The third kappa shape index (κ3) is 8.65. The Bertz CT molecular complexity index is 2030. The lowest BCUT2D eigenvalue weighted by Gasteiger charge is -2.18. The van der Waals surface area contributed by atoms with E-state index in [1.807, 2.05) is 37.0 Å². The topological polar surface area (TPSA) is 116 Å². The van der Waals surface area contributed by atoms with Crippen molar-refractivity contribution in [1.82, 2.24) is 29.4 Å². The number of carbonyl (C=O) groups is 1.